The molecule has 3 aromatic carbocycles. The molecule has 0 bridgehead atoms. The summed E-state index contributed by atoms with van der Waals surface area (Å²) in [6.45, 7) is 4.11. The molecule has 0 heterocycles. The van der Waals surface area contributed by atoms with E-state index in [1.54, 1.807) is 55.5 Å². The van der Waals surface area contributed by atoms with Crippen molar-refractivity contribution in [3.8, 4) is 11.1 Å². The third-order valence-electron chi connectivity index (χ3n) is 4.46. The summed E-state index contributed by atoms with van der Waals surface area (Å²) in [5.74, 6) is -2.05. The van der Waals surface area contributed by atoms with Crippen LogP contribution < -0.4 is 0 Å². The lowest BCUT2D eigenvalue weighted by molar-refractivity contribution is 0.131. The van der Waals surface area contributed by atoms with Gasteiger partial charge in [0.1, 0.15) is 5.82 Å². The molecule has 4 heteroatoms. The van der Waals surface area contributed by atoms with Crippen LogP contribution in [0.4, 0.5) is 13.2 Å². The predicted octanol–water partition coefficient (Wildman–Crippen LogP) is 6.79. The molecule has 0 aromatic heterocycles. The molecule has 0 spiro atoms. The lowest BCUT2D eigenvalue weighted by Gasteiger charge is -2.09. The summed E-state index contributed by atoms with van der Waals surface area (Å²) in [4.78, 5) is 0. The molecule has 0 aliphatic carbocycles. The summed E-state index contributed by atoms with van der Waals surface area (Å²) in [5.41, 5.74) is 3.14. The molecule has 0 unspecified atom stereocenters. The zero-order valence-corrected chi connectivity index (χ0v) is 15.8. The van der Waals surface area contributed by atoms with E-state index in [2.05, 4.69) is 0 Å². The quantitative estimate of drug-likeness (QED) is 0.427. The Balaban J connectivity index is 1.81. The van der Waals surface area contributed by atoms with E-state index < -0.39 is 11.6 Å². The van der Waals surface area contributed by atoms with Gasteiger partial charge in [-0.1, -0.05) is 60.7 Å². The molecule has 0 saturated heterocycles. The molecule has 28 heavy (non-hydrogen) atoms. The van der Waals surface area contributed by atoms with Crippen LogP contribution >= 0.6 is 0 Å². The topological polar surface area (TPSA) is 9.23 Å². The van der Waals surface area contributed by atoms with E-state index >= 15 is 0 Å². The number of aryl methyl sites for hydroxylation is 1. The molecule has 0 amide bonds. The predicted molar refractivity (Wildman–Crippen MR) is 107 cm³/mol. The van der Waals surface area contributed by atoms with Crippen molar-refractivity contribution in [3.05, 3.63) is 94.3 Å². The second-order valence-corrected chi connectivity index (χ2v) is 6.52. The Morgan fingerprint density at radius 1 is 0.857 bits per heavy atom. The maximum Gasteiger partial charge on any atom is 0.167 e. The van der Waals surface area contributed by atoms with Crippen LogP contribution in [0.1, 0.15) is 29.2 Å². The Bertz CT molecular complexity index is 991. The van der Waals surface area contributed by atoms with Crippen LogP contribution in [-0.4, -0.2) is 6.61 Å². The first-order valence-electron chi connectivity index (χ1n) is 9.09. The Morgan fingerprint density at radius 2 is 1.61 bits per heavy atom. The molecule has 0 N–H and O–H groups in total. The van der Waals surface area contributed by atoms with Crippen LogP contribution in [-0.2, 0) is 11.3 Å². The van der Waals surface area contributed by atoms with Gasteiger partial charge in [-0.05, 0) is 36.6 Å². The number of halogens is 3. The van der Waals surface area contributed by atoms with Crippen LogP contribution in [0.5, 0.6) is 0 Å². The fourth-order valence-corrected chi connectivity index (χ4v) is 2.86. The van der Waals surface area contributed by atoms with Crippen molar-refractivity contribution in [1.82, 2.24) is 0 Å². The third kappa shape index (κ3) is 4.52. The molecule has 3 rings (SSSR count). The number of hydrogen-bond donors (Lipinski definition) is 0. The lowest BCUT2D eigenvalue weighted by atomic mass is 10.0. The van der Waals surface area contributed by atoms with Crippen molar-refractivity contribution in [2.45, 2.75) is 20.5 Å². The summed E-state index contributed by atoms with van der Waals surface area (Å²) in [6.07, 6.45) is 3.46. The number of hydrogen-bond acceptors (Lipinski definition) is 1. The highest BCUT2D eigenvalue weighted by Crippen LogP contribution is 2.27. The molecular formula is C24H21F3O. The van der Waals surface area contributed by atoms with Gasteiger partial charge < -0.3 is 4.74 Å². The maximum atomic E-state index is 14.4. The summed E-state index contributed by atoms with van der Waals surface area (Å²) in [6, 6.07) is 15.1. The Hall–Kier alpha value is -2.85. The molecule has 0 aliphatic rings. The van der Waals surface area contributed by atoms with E-state index in [-0.39, 0.29) is 23.6 Å². The molecule has 144 valence electrons. The van der Waals surface area contributed by atoms with E-state index in [0.29, 0.717) is 17.7 Å². The van der Waals surface area contributed by atoms with Crippen molar-refractivity contribution >= 4 is 12.2 Å². The molecule has 0 atom stereocenters. The summed E-state index contributed by atoms with van der Waals surface area (Å²) in [7, 11) is 0. The zero-order valence-electron chi connectivity index (χ0n) is 15.8. The molecule has 0 aliphatic heterocycles. The highest BCUT2D eigenvalue weighted by atomic mass is 19.2. The Kier molecular flexibility index (Phi) is 6.32. The van der Waals surface area contributed by atoms with Gasteiger partial charge in [0.25, 0.3) is 0 Å². The first-order chi connectivity index (χ1) is 13.5. The van der Waals surface area contributed by atoms with Crippen molar-refractivity contribution in [1.29, 1.82) is 0 Å². The fraction of sp³-hybridized carbons (Fsp3) is 0.167. The molecule has 0 fully saturated rings. The van der Waals surface area contributed by atoms with Gasteiger partial charge in [-0.3, -0.25) is 0 Å². The van der Waals surface area contributed by atoms with E-state index in [9.17, 15) is 13.2 Å². The number of rotatable bonds is 6. The minimum Gasteiger partial charge on any atom is -0.377 e. The lowest BCUT2D eigenvalue weighted by Crippen LogP contribution is -2.00. The Morgan fingerprint density at radius 3 is 2.29 bits per heavy atom. The molecule has 0 radical (unpaired) electrons. The largest absolute Gasteiger partial charge is 0.377 e. The molecular weight excluding hydrogens is 361 g/mol. The smallest absolute Gasteiger partial charge is 0.167 e. The van der Waals surface area contributed by atoms with Crippen molar-refractivity contribution in [2.75, 3.05) is 6.61 Å². The van der Waals surface area contributed by atoms with Crippen LogP contribution in [0.15, 0.2) is 54.6 Å². The maximum absolute atomic E-state index is 14.4. The van der Waals surface area contributed by atoms with Gasteiger partial charge in [0, 0.05) is 23.3 Å². The average Bonchev–Trinajstić information content (AvgIpc) is 2.69. The minimum absolute atomic E-state index is 0.0405. The van der Waals surface area contributed by atoms with E-state index in [4.69, 9.17) is 4.74 Å². The van der Waals surface area contributed by atoms with Crippen molar-refractivity contribution in [3.63, 3.8) is 0 Å². The number of benzene rings is 3. The van der Waals surface area contributed by atoms with Crippen molar-refractivity contribution < 1.29 is 17.9 Å². The molecule has 0 saturated carbocycles. The van der Waals surface area contributed by atoms with Gasteiger partial charge >= 0.3 is 0 Å². The van der Waals surface area contributed by atoms with Gasteiger partial charge in [0.05, 0.1) is 6.61 Å². The van der Waals surface area contributed by atoms with Gasteiger partial charge in [0.2, 0.25) is 0 Å². The summed E-state index contributed by atoms with van der Waals surface area (Å²) in [5, 5.41) is 0. The van der Waals surface area contributed by atoms with Gasteiger partial charge in [-0.25, -0.2) is 13.2 Å². The molecule has 3 aromatic rings. The summed E-state index contributed by atoms with van der Waals surface area (Å²) >= 11 is 0. The van der Waals surface area contributed by atoms with Crippen LogP contribution in [0.3, 0.4) is 0 Å². The highest BCUT2D eigenvalue weighted by molar-refractivity contribution is 5.72. The van der Waals surface area contributed by atoms with Gasteiger partial charge in [-0.2, -0.15) is 0 Å². The third-order valence-corrected chi connectivity index (χ3v) is 4.46. The SMILES string of the molecule is CCOCc1ccc(-c2ccc(/C=C/c3ccc(C)cc3F)cc2)c(F)c1F. The van der Waals surface area contributed by atoms with Crippen molar-refractivity contribution in [2.24, 2.45) is 0 Å². The van der Waals surface area contributed by atoms with E-state index in [1.165, 1.54) is 12.1 Å². The standard InChI is InChI=1S/C24H21F3O/c1-3-28-15-20-12-13-21(24(27)23(20)26)18-9-5-17(6-10-18)7-11-19-8-4-16(2)14-22(19)25/h4-14H,3,15H2,1-2H3/b11-7+. The Labute approximate surface area is 163 Å². The van der Waals surface area contributed by atoms with Crippen LogP contribution in [0.2, 0.25) is 0 Å². The van der Waals surface area contributed by atoms with Gasteiger partial charge in [-0.15, -0.1) is 0 Å². The zero-order chi connectivity index (χ0) is 20.1. The van der Waals surface area contributed by atoms with Crippen LogP contribution in [0, 0.1) is 24.4 Å². The highest BCUT2D eigenvalue weighted by Gasteiger charge is 2.14. The second kappa shape index (κ2) is 8.89. The van der Waals surface area contributed by atoms with Gasteiger partial charge in [0.15, 0.2) is 11.6 Å². The monoisotopic (exact) mass is 382 g/mol. The van der Waals surface area contributed by atoms with Crippen LogP contribution in [0.25, 0.3) is 23.3 Å². The minimum atomic E-state index is -0.887. The number of ether oxygens (including phenoxy) is 1. The first-order valence-corrected chi connectivity index (χ1v) is 9.09. The van der Waals surface area contributed by atoms with E-state index in [0.717, 1.165) is 11.1 Å². The normalized spacial score (nSPS) is 11.3. The fourth-order valence-electron chi connectivity index (χ4n) is 2.86. The van der Waals surface area contributed by atoms with E-state index in [1.807, 2.05) is 13.0 Å². The molecule has 1 nitrogen and oxygen atoms in total. The summed E-state index contributed by atoms with van der Waals surface area (Å²) < 4.78 is 47.7. The average molecular weight is 382 g/mol. The second-order valence-electron chi connectivity index (χ2n) is 6.52. The first kappa shape index (κ1) is 19.9.